The summed E-state index contributed by atoms with van der Waals surface area (Å²) in [5, 5.41) is 24.6. The third-order valence-corrected chi connectivity index (χ3v) is 6.09. The van der Waals surface area contributed by atoms with Gasteiger partial charge in [0.1, 0.15) is 5.82 Å². The molecule has 0 bridgehead atoms. The van der Waals surface area contributed by atoms with Crippen LogP contribution in [0.2, 0.25) is 0 Å². The highest BCUT2D eigenvalue weighted by Crippen LogP contribution is 2.30. The van der Waals surface area contributed by atoms with E-state index in [2.05, 4.69) is 41.8 Å². The van der Waals surface area contributed by atoms with Gasteiger partial charge in [0, 0.05) is 29.2 Å². The number of rotatable bonds is 5. The molecule has 1 saturated heterocycles. The Balaban J connectivity index is 1.35. The number of hydrogen-bond acceptors (Lipinski definition) is 8. The van der Waals surface area contributed by atoms with Crippen LogP contribution in [-0.2, 0) is 0 Å². The SMILES string of the molecule is Nc1ncc(-c2cnn(C3CCNCC3)c2)cc1-c1nnc2ccc(Nc3ccccc3)nn12. The number of benzene rings is 1. The van der Waals surface area contributed by atoms with E-state index in [1.165, 1.54) is 0 Å². The monoisotopic (exact) mass is 452 g/mol. The van der Waals surface area contributed by atoms with Crippen LogP contribution in [0.4, 0.5) is 17.3 Å². The lowest BCUT2D eigenvalue weighted by Crippen LogP contribution is -2.29. The molecule has 170 valence electrons. The third kappa shape index (κ3) is 3.84. The minimum absolute atomic E-state index is 0.368. The van der Waals surface area contributed by atoms with Gasteiger partial charge in [-0.05, 0) is 56.3 Å². The van der Waals surface area contributed by atoms with Gasteiger partial charge in [-0.2, -0.15) is 9.61 Å². The predicted octanol–water partition coefficient (Wildman–Crippen LogP) is 3.30. The lowest BCUT2D eigenvalue weighted by Gasteiger charge is -2.22. The lowest BCUT2D eigenvalue weighted by molar-refractivity contribution is 0.343. The van der Waals surface area contributed by atoms with E-state index in [9.17, 15) is 0 Å². The first-order valence-corrected chi connectivity index (χ1v) is 11.3. The van der Waals surface area contributed by atoms with Gasteiger partial charge in [0.15, 0.2) is 17.3 Å². The van der Waals surface area contributed by atoms with E-state index < -0.39 is 0 Å². The van der Waals surface area contributed by atoms with E-state index in [0.29, 0.717) is 34.7 Å². The van der Waals surface area contributed by atoms with E-state index in [1.54, 1.807) is 10.7 Å². The Morgan fingerprint density at radius 2 is 1.82 bits per heavy atom. The second-order valence-corrected chi connectivity index (χ2v) is 8.35. The zero-order valence-corrected chi connectivity index (χ0v) is 18.5. The molecule has 1 aliphatic rings. The van der Waals surface area contributed by atoms with Crippen LogP contribution in [0.5, 0.6) is 0 Å². The van der Waals surface area contributed by atoms with Crippen molar-refractivity contribution in [3.8, 4) is 22.5 Å². The number of nitrogens with zero attached hydrogens (tertiary/aromatic N) is 7. The van der Waals surface area contributed by atoms with Gasteiger partial charge >= 0.3 is 0 Å². The van der Waals surface area contributed by atoms with Gasteiger partial charge in [-0.25, -0.2) is 4.98 Å². The Labute approximate surface area is 195 Å². The Morgan fingerprint density at radius 3 is 2.68 bits per heavy atom. The Morgan fingerprint density at radius 1 is 0.971 bits per heavy atom. The summed E-state index contributed by atoms with van der Waals surface area (Å²) >= 11 is 0. The number of piperidine rings is 1. The highest BCUT2D eigenvalue weighted by molar-refractivity contribution is 5.76. The summed E-state index contributed by atoms with van der Waals surface area (Å²) in [6.45, 7) is 2.03. The molecule has 0 radical (unpaired) electrons. The van der Waals surface area contributed by atoms with E-state index in [-0.39, 0.29) is 0 Å². The number of fused-ring (bicyclic) bond motifs is 1. The number of nitrogens with one attached hydrogen (secondary N) is 2. The molecule has 0 amide bonds. The summed E-state index contributed by atoms with van der Waals surface area (Å²) in [7, 11) is 0. The molecule has 10 nitrogen and oxygen atoms in total. The van der Waals surface area contributed by atoms with Crippen LogP contribution in [0, 0.1) is 0 Å². The van der Waals surface area contributed by atoms with Crippen LogP contribution < -0.4 is 16.4 Å². The predicted molar refractivity (Wildman–Crippen MR) is 131 cm³/mol. The molecule has 4 aromatic heterocycles. The van der Waals surface area contributed by atoms with Crippen LogP contribution in [0.15, 0.2) is 67.1 Å². The number of hydrogen-bond donors (Lipinski definition) is 3. The molecule has 1 aromatic carbocycles. The Hall–Kier alpha value is -4.31. The number of aromatic nitrogens is 7. The first-order valence-electron chi connectivity index (χ1n) is 11.3. The molecule has 0 spiro atoms. The number of nitrogen functional groups attached to an aromatic ring is 1. The molecule has 0 unspecified atom stereocenters. The van der Waals surface area contributed by atoms with Gasteiger partial charge < -0.3 is 16.4 Å². The number of nitrogens with two attached hydrogens (primary N) is 1. The van der Waals surface area contributed by atoms with E-state index in [0.717, 1.165) is 42.7 Å². The second-order valence-electron chi connectivity index (χ2n) is 8.35. The third-order valence-electron chi connectivity index (χ3n) is 6.09. The molecular weight excluding hydrogens is 428 g/mol. The van der Waals surface area contributed by atoms with Gasteiger partial charge in [0.2, 0.25) is 0 Å². The van der Waals surface area contributed by atoms with E-state index in [4.69, 9.17) is 10.8 Å². The fourth-order valence-electron chi connectivity index (χ4n) is 4.26. The van der Waals surface area contributed by atoms with Gasteiger partial charge in [-0.15, -0.1) is 15.3 Å². The maximum Gasteiger partial charge on any atom is 0.189 e. The van der Waals surface area contributed by atoms with Gasteiger partial charge in [-0.3, -0.25) is 4.68 Å². The van der Waals surface area contributed by atoms with Crippen LogP contribution in [-0.4, -0.2) is 47.7 Å². The molecule has 0 saturated carbocycles. The van der Waals surface area contributed by atoms with Crippen molar-refractivity contribution in [1.29, 1.82) is 0 Å². The summed E-state index contributed by atoms with van der Waals surface area (Å²) in [6, 6.07) is 16.0. The van der Waals surface area contributed by atoms with Crippen molar-refractivity contribution >= 4 is 23.0 Å². The molecule has 0 aliphatic carbocycles. The highest BCUT2D eigenvalue weighted by Gasteiger charge is 2.18. The first kappa shape index (κ1) is 20.3. The van der Waals surface area contributed by atoms with Crippen LogP contribution in [0.25, 0.3) is 28.2 Å². The van der Waals surface area contributed by atoms with E-state index in [1.807, 2.05) is 54.7 Å². The average Bonchev–Trinajstić information content (AvgIpc) is 3.53. The van der Waals surface area contributed by atoms with Crippen molar-refractivity contribution in [2.75, 3.05) is 24.1 Å². The molecule has 10 heteroatoms. The molecule has 6 rings (SSSR count). The quantitative estimate of drug-likeness (QED) is 0.371. The maximum atomic E-state index is 6.27. The number of anilines is 3. The fraction of sp³-hybridized carbons (Fsp3) is 0.208. The van der Waals surface area contributed by atoms with Crippen LogP contribution in [0.1, 0.15) is 18.9 Å². The molecule has 5 aromatic rings. The molecular formula is C24H24N10. The smallest absolute Gasteiger partial charge is 0.189 e. The second kappa shape index (κ2) is 8.56. The molecule has 1 aliphatic heterocycles. The summed E-state index contributed by atoms with van der Waals surface area (Å²) in [6.07, 6.45) is 7.87. The van der Waals surface area contributed by atoms with Crippen molar-refractivity contribution in [2.24, 2.45) is 0 Å². The number of para-hydroxylation sites is 1. The highest BCUT2D eigenvalue weighted by atomic mass is 15.4. The fourth-order valence-corrected chi connectivity index (χ4v) is 4.26. The van der Waals surface area contributed by atoms with Crippen molar-refractivity contribution < 1.29 is 0 Å². The molecule has 5 heterocycles. The van der Waals surface area contributed by atoms with Crippen molar-refractivity contribution in [3.05, 3.63) is 67.1 Å². The van der Waals surface area contributed by atoms with Crippen molar-refractivity contribution in [2.45, 2.75) is 18.9 Å². The maximum absolute atomic E-state index is 6.27. The summed E-state index contributed by atoms with van der Waals surface area (Å²) in [5.41, 5.74) is 10.4. The zero-order chi connectivity index (χ0) is 22.9. The molecule has 34 heavy (non-hydrogen) atoms. The van der Waals surface area contributed by atoms with Crippen molar-refractivity contribution in [3.63, 3.8) is 0 Å². The Kier molecular flexibility index (Phi) is 5.11. The van der Waals surface area contributed by atoms with Gasteiger partial charge in [-0.1, -0.05) is 18.2 Å². The standard InChI is InChI=1S/C24H24N10/c25-23-20(12-16(13-27-23)17-14-28-33(15-17)19-8-10-26-11-9-19)24-31-30-22-7-6-21(32-34(22)24)29-18-4-2-1-3-5-18/h1-7,12-15,19,26H,8-11H2,(H2,25,27)(H,29,32). The largest absolute Gasteiger partial charge is 0.383 e. The average molecular weight is 453 g/mol. The van der Waals surface area contributed by atoms with Gasteiger partial charge in [0.05, 0.1) is 17.8 Å². The van der Waals surface area contributed by atoms with E-state index >= 15 is 0 Å². The molecule has 0 atom stereocenters. The summed E-state index contributed by atoms with van der Waals surface area (Å²) < 4.78 is 3.74. The van der Waals surface area contributed by atoms with Crippen LogP contribution >= 0.6 is 0 Å². The minimum Gasteiger partial charge on any atom is -0.383 e. The zero-order valence-electron chi connectivity index (χ0n) is 18.5. The van der Waals surface area contributed by atoms with Gasteiger partial charge in [0.25, 0.3) is 0 Å². The Bertz CT molecular complexity index is 1430. The molecule has 1 fully saturated rings. The van der Waals surface area contributed by atoms with Crippen LogP contribution in [0.3, 0.4) is 0 Å². The topological polar surface area (TPSA) is 124 Å². The minimum atomic E-state index is 0.368. The lowest BCUT2D eigenvalue weighted by atomic mass is 10.1. The summed E-state index contributed by atoms with van der Waals surface area (Å²) in [4.78, 5) is 4.44. The number of pyridine rings is 1. The summed E-state index contributed by atoms with van der Waals surface area (Å²) in [5.74, 6) is 1.57. The van der Waals surface area contributed by atoms with Crippen molar-refractivity contribution in [1.82, 2.24) is 39.9 Å². The molecule has 4 N–H and O–H groups in total. The normalized spacial score (nSPS) is 14.5. The first-order chi connectivity index (χ1) is 16.7.